The fourth-order valence-corrected chi connectivity index (χ4v) is 2.88. The second-order valence-electron chi connectivity index (χ2n) is 4.68. The maximum Gasteiger partial charge on any atom is 0.0931 e. The van der Waals surface area contributed by atoms with Crippen molar-refractivity contribution < 1.29 is 0 Å². The van der Waals surface area contributed by atoms with Crippen LogP contribution in [0.5, 0.6) is 0 Å². The highest BCUT2D eigenvalue weighted by Gasteiger charge is 2.18. The van der Waals surface area contributed by atoms with Crippen molar-refractivity contribution in [3.8, 4) is 0 Å². The lowest BCUT2D eigenvalue weighted by Gasteiger charge is -2.28. The largest absolute Gasteiger partial charge is 0.301 e. The third-order valence-electron chi connectivity index (χ3n) is 2.11. The van der Waals surface area contributed by atoms with Crippen molar-refractivity contribution in [3.63, 3.8) is 0 Å². The summed E-state index contributed by atoms with van der Waals surface area (Å²) in [5, 5.41) is 1.02. The molecule has 0 aliphatic heterocycles. The highest BCUT2D eigenvalue weighted by atomic mass is 79.9. The molecule has 0 radical (unpaired) electrons. The van der Waals surface area contributed by atoms with E-state index in [9.17, 15) is 0 Å². The van der Waals surface area contributed by atoms with E-state index in [-0.39, 0.29) is 0 Å². The van der Waals surface area contributed by atoms with Crippen LogP contribution in [-0.4, -0.2) is 23.8 Å². The van der Waals surface area contributed by atoms with Crippen LogP contribution in [0, 0.1) is 5.41 Å². The van der Waals surface area contributed by atoms with E-state index < -0.39 is 0 Å². The van der Waals surface area contributed by atoms with Gasteiger partial charge in [0.05, 0.1) is 4.34 Å². The van der Waals surface area contributed by atoms with Crippen molar-refractivity contribution in [2.45, 2.75) is 20.4 Å². The molecule has 1 aromatic rings. The number of thiophene rings is 1. The molecule has 86 valence electrons. The van der Waals surface area contributed by atoms with Crippen molar-refractivity contribution in [1.82, 2.24) is 4.90 Å². The Hall–Kier alpha value is 0.430. The summed E-state index contributed by atoms with van der Waals surface area (Å²) in [7, 11) is 2.15. The van der Waals surface area contributed by atoms with Gasteiger partial charge in [0, 0.05) is 23.3 Å². The quantitative estimate of drug-likeness (QED) is 0.735. The molecular weight excluding hydrogens is 294 g/mol. The lowest BCUT2D eigenvalue weighted by molar-refractivity contribution is 0.227. The molecule has 0 aliphatic rings. The third kappa shape index (κ3) is 4.85. The predicted octanol–water partition coefficient (Wildman–Crippen LogP) is 4.25. The van der Waals surface area contributed by atoms with Crippen molar-refractivity contribution in [2.75, 3.05) is 18.9 Å². The normalized spacial score (nSPS) is 12.4. The van der Waals surface area contributed by atoms with Crippen LogP contribution in [0.1, 0.15) is 18.7 Å². The molecular formula is C11H17BrClNS. The zero-order valence-corrected chi connectivity index (χ0v) is 12.5. The van der Waals surface area contributed by atoms with Gasteiger partial charge < -0.3 is 4.90 Å². The zero-order chi connectivity index (χ0) is 11.5. The van der Waals surface area contributed by atoms with Crippen LogP contribution in [0.4, 0.5) is 0 Å². The molecule has 4 heteroatoms. The van der Waals surface area contributed by atoms with E-state index in [1.807, 2.05) is 6.07 Å². The minimum Gasteiger partial charge on any atom is -0.301 e. The lowest BCUT2D eigenvalue weighted by Crippen LogP contribution is -2.31. The topological polar surface area (TPSA) is 3.24 Å². The van der Waals surface area contributed by atoms with Crippen molar-refractivity contribution in [2.24, 2.45) is 5.41 Å². The summed E-state index contributed by atoms with van der Waals surface area (Å²) in [6.45, 7) is 6.58. The summed E-state index contributed by atoms with van der Waals surface area (Å²) >= 11 is 11.1. The molecule has 0 spiro atoms. The molecule has 1 aromatic heterocycles. The Morgan fingerprint density at radius 1 is 1.47 bits per heavy atom. The van der Waals surface area contributed by atoms with E-state index in [0.29, 0.717) is 5.41 Å². The summed E-state index contributed by atoms with van der Waals surface area (Å²) < 4.78 is 0.873. The van der Waals surface area contributed by atoms with Gasteiger partial charge in [-0.25, -0.2) is 0 Å². The molecule has 0 N–H and O–H groups in total. The standard InChI is InChI=1S/C11H17BrClNS/c1-11(2,7-12)8-14(3)6-9-4-5-10(13)15-9/h4-5H,6-8H2,1-3H3. The van der Waals surface area contributed by atoms with Gasteiger partial charge in [-0.1, -0.05) is 41.4 Å². The molecule has 1 heterocycles. The Balaban J connectivity index is 2.46. The Morgan fingerprint density at radius 2 is 2.13 bits per heavy atom. The average Bonchev–Trinajstić information content (AvgIpc) is 2.50. The smallest absolute Gasteiger partial charge is 0.0931 e. The van der Waals surface area contributed by atoms with Crippen LogP contribution in [0.2, 0.25) is 4.34 Å². The van der Waals surface area contributed by atoms with Crippen molar-refractivity contribution in [3.05, 3.63) is 21.3 Å². The number of rotatable bonds is 5. The Kier molecular flexibility index (Phi) is 5.10. The first-order valence-corrected chi connectivity index (χ1v) is 7.23. The maximum absolute atomic E-state index is 5.90. The molecule has 0 aromatic carbocycles. The second-order valence-corrected chi connectivity index (χ2v) is 7.04. The van der Waals surface area contributed by atoms with Gasteiger partial charge in [-0.3, -0.25) is 0 Å². The second kappa shape index (κ2) is 5.67. The van der Waals surface area contributed by atoms with Crippen LogP contribution in [0.25, 0.3) is 0 Å². The molecule has 0 saturated heterocycles. The van der Waals surface area contributed by atoms with Gasteiger partial charge in [0.1, 0.15) is 0 Å². The molecule has 0 saturated carbocycles. The highest BCUT2D eigenvalue weighted by molar-refractivity contribution is 9.09. The Bertz CT molecular complexity index is 311. The van der Waals surface area contributed by atoms with Gasteiger partial charge in [0.25, 0.3) is 0 Å². The van der Waals surface area contributed by atoms with Crippen LogP contribution in [0.15, 0.2) is 12.1 Å². The minimum atomic E-state index is 0.315. The van der Waals surface area contributed by atoms with Crippen LogP contribution in [0.3, 0.4) is 0 Å². The Labute approximate surface area is 110 Å². The van der Waals surface area contributed by atoms with E-state index in [2.05, 4.69) is 47.8 Å². The SMILES string of the molecule is CN(Cc1ccc(Cl)s1)CC(C)(C)CBr. The molecule has 0 amide bonds. The summed E-state index contributed by atoms with van der Waals surface area (Å²) in [5.74, 6) is 0. The van der Waals surface area contributed by atoms with Gasteiger partial charge in [-0.15, -0.1) is 11.3 Å². The molecule has 0 bridgehead atoms. The first kappa shape index (κ1) is 13.5. The molecule has 0 atom stereocenters. The van der Waals surface area contributed by atoms with Gasteiger partial charge in [-0.2, -0.15) is 0 Å². The molecule has 1 nitrogen and oxygen atoms in total. The molecule has 0 unspecified atom stereocenters. The van der Waals surface area contributed by atoms with Gasteiger partial charge in [0.2, 0.25) is 0 Å². The lowest BCUT2D eigenvalue weighted by atomic mass is 9.96. The average molecular weight is 311 g/mol. The number of hydrogen-bond donors (Lipinski definition) is 0. The third-order valence-corrected chi connectivity index (χ3v) is 4.85. The van der Waals surface area contributed by atoms with Crippen LogP contribution < -0.4 is 0 Å². The molecule has 0 fully saturated rings. The van der Waals surface area contributed by atoms with Crippen LogP contribution >= 0.6 is 38.9 Å². The van der Waals surface area contributed by atoms with Crippen molar-refractivity contribution >= 4 is 38.9 Å². The number of nitrogens with zero attached hydrogens (tertiary/aromatic N) is 1. The van der Waals surface area contributed by atoms with Gasteiger partial charge in [0.15, 0.2) is 0 Å². The summed E-state index contributed by atoms with van der Waals surface area (Å²) in [6.07, 6.45) is 0. The monoisotopic (exact) mass is 309 g/mol. The fraction of sp³-hybridized carbons (Fsp3) is 0.636. The van der Waals surface area contributed by atoms with Gasteiger partial charge >= 0.3 is 0 Å². The number of hydrogen-bond acceptors (Lipinski definition) is 2. The highest BCUT2D eigenvalue weighted by Crippen LogP contribution is 2.24. The van der Waals surface area contributed by atoms with Gasteiger partial charge in [-0.05, 0) is 24.6 Å². The first-order valence-electron chi connectivity index (χ1n) is 4.92. The zero-order valence-electron chi connectivity index (χ0n) is 9.39. The fourth-order valence-electron chi connectivity index (χ4n) is 1.53. The van der Waals surface area contributed by atoms with E-state index in [1.54, 1.807) is 11.3 Å². The van der Waals surface area contributed by atoms with E-state index in [0.717, 1.165) is 22.8 Å². The maximum atomic E-state index is 5.90. The summed E-state index contributed by atoms with van der Waals surface area (Å²) in [5.41, 5.74) is 0.315. The predicted molar refractivity (Wildman–Crippen MR) is 73.2 cm³/mol. The summed E-state index contributed by atoms with van der Waals surface area (Å²) in [6, 6.07) is 4.07. The molecule has 1 rings (SSSR count). The molecule has 0 aliphatic carbocycles. The number of halogens is 2. The number of alkyl halides is 1. The Morgan fingerprint density at radius 3 is 2.60 bits per heavy atom. The molecule has 15 heavy (non-hydrogen) atoms. The van der Waals surface area contributed by atoms with E-state index in [1.165, 1.54) is 4.88 Å². The van der Waals surface area contributed by atoms with Crippen molar-refractivity contribution in [1.29, 1.82) is 0 Å². The van der Waals surface area contributed by atoms with E-state index in [4.69, 9.17) is 11.6 Å². The van der Waals surface area contributed by atoms with Crippen LogP contribution in [-0.2, 0) is 6.54 Å². The summed E-state index contributed by atoms with van der Waals surface area (Å²) in [4.78, 5) is 3.66. The minimum absolute atomic E-state index is 0.315. The van der Waals surface area contributed by atoms with E-state index >= 15 is 0 Å². The first-order chi connectivity index (χ1) is 6.93.